The molecule has 11 aromatic carbocycles. The van der Waals surface area contributed by atoms with Crippen LogP contribution in [0, 0.1) is 0 Å². The highest BCUT2D eigenvalue weighted by Crippen LogP contribution is 2.47. The molecule has 0 aliphatic carbocycles. The summed E-state index contributed by atoms with van der Waals surface area (Å²) in [5, 5.41) is 17.9. The van der Waals surface area contributed by atoms with Crippen LogP contribution in [0.1, 0.15) is 0 Å². The van der Waals surface area contributed by atoms with Crippen LogP contribution in [0.5, 0.6) is 0 Å². The standard InChI is InChI=1S/C52H32/c1-2-13-37-31-38(26-23-33(37)11-1)34-21-24-36(25-22-34)51-47-20-10-9-19-46(47)50(48-30-27-35-12-3-4-14-40(35)52(48)51)39-28-29-45-43-17-6-5-15-41(43)42-16-7-8-18-44(42)49(45)32-39/h1-32H. The first-order valence-electron chi connectivity index (χ1n) is 18.1. The second-order valence-electron chi connectivity index (χ2n) is 14.0. The van der Waals surface area contributed by atoms with E-state index >= 15 is 0 Å². The molecule has 0 bridgehead atoms. The molecule has 0 amide bonds. The summed E-state index contributed by atoms with van der Waals surface area (Å²) in [4.78, 5) is 0. The lowest BCUT2D eigenvalue weighted by Crippen LogP contribution is -1.93. The van der Waals surface area contributed by atoms with Crippen molar-refractivity contribution in [2.24, 2.45) is 0 Å². The lowest BCUT2D eigenvalue weighted by atomic mass is 9.83. The molecule has 0 fully saturated rings. The van der Waals surface area contributed by atoms with Gasteiger partial charge in [0.05, 0.1) is 0 Å². The van der Waals surface area contributed by atoms with Crippen LogP contribution in [0.4, 0.5) is 0 Å². The minimum absolute atomic E-state index is 1.22. The van der Waals surface area contributed by atoms with Crippen molar-refractivity contribution >= 4 is 75.4 Å². The van der Waals surface area contributed by atoms with Crippen LogP contribution >= 0.6 is 0 Å². The van der Waals surface area contributed by atoms with Crippen LogP contribution < -0.4 is 0 Å². The number of hydrogen-bond donors (Lipinski definition) is 0. The first kappa shape index (κ1) is 29.0. The Kier molecular flexibility index (Phi) is 6.35. The smallest absolute Gasteiger partial charge is 0.00141 e. The lowest BCUT2D eigenvalue weighted by Gasteiger charge is -2.20. The average molecular weight is 657 g/mol. The fourth-order valence-corrected chi connectivity index (χ4v) is 8.82. The average Bonchev–Trinajstić information content (AvgIpc) is 3.22. The summed E-state index contributed by atoms with van der Waals surface area (Å²) < 4.78 is 0. The molecule has 0 heterocycles. The van der Waals surface area contributed by atoms with Crippen LogP contribution in [0.3, 0.4) is 0 Å². The van der Waals surface area contributed by atoms with Gasteiger partial charge in [-0.2, -0.15) is 0 Å². The predicted octanol–water partition coefficient (Wildman–Crippen LogP) is 14.8. The molecule has 0 aliphatic rings. The summed E-state index contributed by atoms with van der Waals surface area (Å²) >= 11 is 0. The molecule has 0 aromatic heterocycles. The predicted molar refractivity (Wildman–Crippen MR) is 225 cm³/mol. The quantitative estimate of drug-likeness (QED) is 0.131. The molecular formula is C52H32. The number of benzene rings is 11. The molecule has 0 atom stereocenters. The highest BCUT2D eigenvalue weighted by Gasteiger charge is 2.20. The van der Waals surface area contributed by atoms with Gasteiger partial charge in [-0.05, 0) is 121 Å². The SMILES string of the molecule is c1ccc2cc(-c3ccc(-c4c5ccccc5c(-c5ccc6c7ccccc7c7ccccc7c6c5)c5ccc6ccccc6c45)cc3)ccc2c1. The number of fused-ring (bicyclic) bond motifs is 11. The van der Waals surface area contributed by atoms with E-state index in [2.05, 4.69) is 194 Å². The second kappa shape index (κ2) is 11.4. The Hall–Kier alpha value is -6.76. The van der Waals surface area contributed by atoms with E-state index in [9.17, 15) is 0 Å². The Bertz CT molecular complexity index is 3180. The molecule has 0 heteroatoms. The van der Waals surface area contributed by atoms with Crippen molar-refractivity contribution in [3.05, 3.63) is 194 Å². The fourth-order valence-electron chi connectivity index (χ4n) is 8.82. The van der Waals surface area contributed by atoms with E-state index in [4.69, 9.17) is 0 Å². The van der Waals surface area contributed by atoms with Gasteiger partial charge >= 0.3 is 0 Å². The van der Waals surface area contributed by atoms with Crippen LogP contribution in [-0.4, -0.2) is 0 Å². The van der Waals surface area contributed by atoms with Crippen molar-refractivity contribution in [2.45, 2.75) is 0 Å². The first-order chi connectivity index (χ1) is 25.8. The van der Waals surface area contributed by atoms with Gasteiger partial charge in [0.15, 0.2) is 0 Å². The Morgan fingerprint density at radius 3 is 1.33 bits per heavy atom. The summed E-state index contributed by atoms with van der Waals surface area (Å²) in [5.41, 5.74) is 7.49. The van der Waals surface area contributed by atoms with Crippen LogP contribution in [0.15, 0.2) is 194 Å². The molecule has 0 radical (unpaired) electrons. The van der Waals surface area contributed by atoms with Crippen LogP contribution in [-0.2, 0) is 0 Å². The zero-order chi connectivity index (χ0) is 34.2. The summed E-state index contributed by atoms with van der Waals surface area (Å²) in [6, 6.07) is 71.9. The third-order valence-corrected chi connectivity index (χ3v) is 11.2. The van der Waals surface area contributed by atoms with Gasteiger partial charge in [0.2, 0.25) is 0 Å². The normalized spacial score (nSPS) is 11.8. The maximum Gasteiger partial charge on any atom is -0.00141 e. The third-order valence-electron chi connectivity index (χ3n) is 11.2. The van der Waals surface area contributed by atoms with Gasteiger partial charge in [-0.25, -0.2) is 0 Å². The van der Waals surface area contributed by atoms with E-state index < -0.39 is 0 Å². The van der Waals surface area contributed by atoms with Crippen molar-refractivity contribution in [1.29, 1.82) is 0 Å². The molecule has 11 aromatic rings. The minimum atomic E-state index is 1.22. The molecule has 0 unspecified atom stereocenters. The minimum Gasteiger partial charge on any atom is -0.0616 e. The summed E-state index contributed by atoms with van der Waals surface area (Å²) in [6.07, 6.45) is 0. The molecule has 0 saturated carbocycles. The van der Waals surface area contributed by atoms with E-state index in [1.54, 1.807) is 0 Å². The van der Waals surface area contributed by atoms with Crippen molar-refractivity contribution in [3.63, 3.8) is 0 Å². The molecule has 0 spiro atoms. The summed E-state index contributed by atoms with van der Waals surface area (Å²) in [5.74, 6) is 0. The molecule has 0 saturated heterocycles. The monoisotopic (exact) mass is 656 g/mol. The molecule has 0 aliphatic heterocycles. The van der Waals surface area contributed by atoms with Crippen molar-refractivity contribution in [3.8, 4) is 33.4 Å². The van der Waals surface area contributed by atoms with E-state index in [0.29, 0.717) is 0 Å². The highest BCUT2D eigenvalue weighted by molar-refractivity contribution is 6.30. The van der Waals surface area contributed by atoms with Gasteiger partial charge in [0, 0.05) is 0 Å². The maximum atomic E-state index is 2.44. The van der Waals surface area contributed by atoms with E-state index in [1.807, 2.05) is 0 Å². The van der Waals surface area contributed by atoms with Gasteiger partial charge < -0.3 is 0 Å². The van der Waals surface area contributed by atoms with E-state index in [0.717, 1.165) is 0 Å². The van der Waals surface area contributed by atoms with Crippen LogP contribution in [0.25, 0.3) is 109 Å². The van der Waals surface area contributed by atoms with Gasteiger partial charge in [-0.3, -0.25) is 0 Å². The number of rotatable bonds is 3. The molecule has 52 heavy (non-hydrogen) atoms. The molecule has 240 valence electrons. The summed E-state index contributed by atoms with van der Waals surface area (Å²) in [6.45, 7) is 0. The third kappa shape index (κ3) is 4.35. The van der Waals surface area contributed by atoms with Gasteiger partial charge in [0.25, 0.3) is 0 Å². The number of hydrogen-bond acceptors (Lipinski definition) is 0. The van der Waals surface area contributed by atoms with E-state index in [1.165, 1.54) is 109 Å². The van der Waals surface area contributed by atoms with E-state index in [-0.39, 0.29) is 0 Å². The maximum absolute atomic E-state index is 2.44. The first-order valence-corrected chi connectivity index (χ1v) is 18.1. The largest absolute Gasteiger partial charge is 0.0616 e. The highest BCUT2D eigenvalue weighted by atomic mass is 14.2. The Labute approximate surface area is 301 Å². The van der Waals surface area contributed by atoms with Gasteiger partial charge in [-0.1, -0.05) is 182 Å². The Balaban J connectivity index is 1.20. The van der Waals surface area contributed by atoms with Gasteiger partial charge in [-0.15, -0.1) is 0 Å². The van der Waals surface area contributed by atoms with Crippen LogP contribution in [0.2, 0.25) is 0 Å². The summed E-state index contributed by atoms with van der Waals surface area (Å²) in [7, 11) is 0. The zero-order valence-electron chi connectivity index (χ0n) is 28.5. The zero-order valence-corrected chi connectivity index (χ0v) is 28.5. The van der Waals surface area contributed by atoms with Gasteiger partial charge in [0.1, 0.15) is 0 Å². The lowest BCUT2D eigenvalue weighted by molar-refractivity contribution is 1.63. The van der Waals surface area contributed by atoms with Crippen molar-refractivity contribution < 1.29 is 0 Å². The molecular weight excluding hydrogens is 625 g/mol. The molecule has 0 nitrogen and oxygen atoms in total. The van der Waals surface area contributed by atoms with Crippen molar-refractivity contribution in [2.75, 3.05) is 0 Å². The Morgan fingerprint density at radius 1 is 0.192 bits per heavy atom. The molecule has 0 N–H and O–H groups in total. The second-order valence-corrected chi connectivity index (χ2v) is 14.0. The fraction of sp³-hybridized carbons (Fsp3) is 0. The Morgan fingerprint density at radius 2 is 0.635 bits per heavy atom. The molecule has 11 rings (SSSR count). The topological polar surface area (TPSA) is 0 Å². The van der Waals surface area contributed by atoms with Crippen molar-refractivity contribution in [1.82, 2.24) is 0 Å².